The second kappa shape index (κ2) is 12.4. The molecule has 0 saturated carbocycles. The fourth-order valence-corrected chi connectivity index (χ4v) is 4.98. The Morgan fingerprint density at radius 2 is 1.84 bits per heavy atom. The van der Waals surface area contributed by atoms with E-state index in [4.69, 9.17) is 0 Å². The number of nitrogens with zero attached hydrogens (tertiary/aromatic N) is 1. The van der Waals surface area contributed by atoms with Crippen LogP contribution in [-0.2, 0) is 27.7 Å². The van der Waals surface area contributed by atoms with Crippen molar-refractivity contribution in [2.24, 2.45) is 0 Å². The van der Waals surface area contributed by atoms with Gasteiger partial charge in [0.15, 0.2) is 5.78 Å². The number of aliphatic hydroxyl groups excluding tert-OH is 1. The summed E-state index contributed by atoms with van der Waals surface area (Å²) in [6.07, 6.45) is 1.03. The molecule has 3 rings (SSSR count). The molecule has 4 N–H and O–H groups in total. The van der Waals surface area contributed by atoms with Crippen molar-refractivity contribution in [1.29, 1.82) is 0 Å². The number of thiazole rings is 1. The van der Waals surface area contributed by atoms with Crippen LogP contribution in [0.3, 0.4) is 0 Å². The Morgan fingerprint density at radius 3 is 2.43 bits per heavy atom. The highest BCUT2D eigenvalue weighted by atomic mass is 32.2. The van der Waals surface area contributed by atoms with E-state index in [1.807, 2.05) is 43.5 Å². The number of Topliss-reactive ketones (excluding diaryl/α,β-unsaturated/α-hetero) is 1. The van der Waals surface area contributed by atoms with Crippen LogP contribution in [0.1, 0.15) is 52.1 Å². The van der Waals surface area contributed by atoms with Gasteiger partial charge < -0.3 is 15.7 Å². The quantitative estimate of drug-likeness (QED) is 0.256. The third kappa shape index (κ3) is 8.74. The molecule has 198 valence electrons. The first-order valence-corrected chi connectivity index (χ1v) is 14.5. The summed E-state index contributed by atoms with van der Waals surface area (Å²) in [5.41, 5.74) is 3.41. The number of carbonyl (C=O) groups excluding carboxylic acids is 2. The molecule has 0 aliphatic heterocycles. The van der Waals surface area contributed by atoms with E-state index in [1.54, 1.807) is 6.07 Å². The number of benzene rings is 2. The molecule has 2 aromatic carbocycles. The van der Waals surface area contributed by atoms with E-state index >= 15 is 0 Å². The molecule has 1 amide bonds. The van der Waals surface area contributed by atoms with Crippen LogP contribution in [0, 0.1) is 6.92 Å². The highest BCUT2D eigenvalue weighted by Crippen LogP contribution is 2.25. The first-order valence-electron chi connectivity index (χ1n) is 11.7. The molecule has 1 aromatic heterocycles. The summed E-state index contributed by atoms with van der Waals surface area (Å²) in [5.74, 6) is -0.396. The molecule has 0 radical (unpaired) electrons. The van der Waals surface area contributed by atoms with Gasteiger partial charge in [-0.15, -0.1) is 11.3 Å². The first-order chi connectivity index (χ1) is 17.4. The number of amides is 1. The summed E-state index contributed by atoms with van der Waals surface area (Å²) >= 11 is 1.52. The van der Waals surface area contributed by atoms with Gasteiger partial charge in [-0.3, -0.25) is 14.3 Å². The fourth-order valence-electron chi connectivity index (χ4n) is 3.80. The van der Waals surface area contributed by atoms with Crippen LogP contribution < -0.4 is 15.4 Å². The minimum Gasteiger partial charge on any atom is -0.387 e. The molecule has 11 heteroatoms. The summed E-state index contributed by atoms with van der Waals surface area (Å²) < 4.78 is 25.7. The number of rotatable bonds is 12. The largest absolute Gasteiger partial charge is 0.387 e. The minimum absolute atomic E-state index is 0.117. The molecule has 9 nitrogen and oxygen atoms in total. The molecular formula is C26H32N4O5S2. The van der Waals surface area contributed by atoms with Gasteiger partial charge in [0.1, 0.15) is 0 Å². The van der Waals surface area contributed by atoms with Crippen molar-refractivity contribution in [3.05, 3.63) is 75.2 Å². The lowest BCUT2D eigenvalue weighted by molar-refractivity contribution is -0.115. The maximum absolute atomic E-state index is 12.2. The van der Waals surface area contributed by atoms with Crippen molar-refractivity contribution in [2.75, 3.05) is 22.8 Å². The first kappa shape index (κ1) is 28.5. The Bertz CT molecular complexity index is 1350. The van der Waals surface area contributed by atoms with E-state index in [0.29, 0.717) is 24.2 Å². The fraction of sp³-hybridized carbons (Fsp3) is 0.346. The average Bonchev–Trinajstić information content (AvgIpc) is 3.22. The number of anilines is 2. The molecule has 0 aliphatic rings. The maximum atomic E-state index is 12.2. The molecular weight excluding hydrogens is 512 g/mol. The number of nitrogens with one attached hydrogen (secondary N) is 3. The van der Waals surface area contributed by atoms with E-state index in [0.717, 1.165) is 22.5 Å². The average molecular weight is 545 g/mol. The maximum Gasteiger partial charge on any atom is 0.230 e. The molecule has 0 bridgehead atoms. The monoisotopic (exact) mass is 544 g/mol. The molecule has 2 atom stereocenters. The standard InChI is InChI=1S/C26H32N4O5S2/c1-16(26(33)20-7-10-23(17(2)31)24(13-20)30-37(4,34)35)27-12-11-19-5-8-21(9-6-19)29-25(32)14-22-15-36-18(3)28-22/h5-10,13,15-16,26-27,30,33H,11-12,14H2,1-4H3,(H,29,32). The summed E-state index contributed by atoms with van der Waals surface area (Å²) in [5, 5.41) is 19.8. The van der Waals surface area contributed by atoms with E-state index in [-0.39, 0.29) is 35.4 Å². The Balaban J connectivity index is 1.52. The van der Waals surface area contributed by atoms with Crippen LogP contribution in [0.5, 0.6) is 0 Å². The normalized spacial score (nSPS) is 13.1. The van der Waals surface area contributed by atoms with Gasteiger partial charge in [-0.05, 0) is 69.1 Å². The molecule has 1 heterocycles. The summed E-state index contributed by atoms with van der Waals surface area (Å²) in [7, 11) is -3.59. The van der Waals surface area contributed by atoms with Crippen molar-refractivity contribution >= 4 is 44.4 Å². The molecule has 2 unspecified atom stereocenters. The highest BCUT2D eigenvalue weighted by molar-refractivity contribution is 7.92. The zero-order chi connectivity index (χ0) is 27.2. The van der Waals surface area contributed by atoms with Crippen LogP contribution >= 0.6 is 11.3 Å². The zero-order valence-electron chi connectivity index (χ0n) is 21.2. The molecule has 3 aromatic rings. The smallest absolute Gasteiger partial charge is 0.230 e. The van der Waals surface area contributed by atoms with Crippen molar-refractivity contribution in [2.45, 2.75) is 45.8 Å². The van der Waals surface area contributed by atoms with Crippen molar-refractivity contribution in [3.63, 3.8) is 0 Å². The SMILES string of the molecule is CC(=O)c1ccc(C(O)C(C)NCCc2ccc(NC(=O)Cc3csc(C)n3)cc2)cc1NS(C)(=O)=O. The Morgan fingerprint density at radius 1 is 1.14 bits per heavy atom. The zero-order valence-corrected chi connectivity index (χ0v) is 22.9. The van der Waals surface area contributed by atoms with Crippen LogP contribution in [0.4, 0.5) is 11.4 Å². The van der Waals surface area contributed by atoms with E-state index in [2.05, 4.69) is 20.3 Å². The molecule has 0 fully saturated rings. The molecule has 37 heavy (non-hydrogen) atoms. The number of carbonyl (C=O) groups is 2. The van der Waals surface area contributed by atoms with Gasteiger partial charge in [-0.1, -0.05) is 18.2 Å². The van der Waals surface area contributed by atoms with Crippen LogP contribution in [-0.4, -0.2) is 49.0 Å². The van der Waals surface area contributed by atoms with Gasteiger partial charge in [0.25, 0.3) is 0 Å². The van der Waals surface area contributed by atoms with Crippen molar-refractivity contribution in [3.8, 4) is 0 Å². The second-order valence-corrected chi connectivity index (χ2v) is 11.8. The lowest BCUT2D eigenvalue weighted by Gasteiger charge is -2.22. The predicted octanol–water partition coefficient (Wildman–Crippen LogP) is 3.46. The number of ketones is 1. The van der Waals surface area contributed by atoms with E-state index < -0.39 is 16.1 Å². The van der Waals surface area contributed by atoms with E-state index in [9.17, 15) is 23.1 Å². The van der Waals surface area contributed by atoms with Crippen LogP contribution in [0.2, 0.25) is 0 Å². The van der Waals surface area contributed by atoms with E-state index in [1.165, 1.54) is 30.4 Å². The van der Waals surface area contributed by atoms with Gasteiger partial charge in [-0.2, -0.15) is 0 Å². The second-order valence-electron chi connectivity index (χ2n) is 8.95. The molecule has 0 saturated heterocycles. The van der Waals surface area contributed by atoms with Gasteiger partial charge >= 0.3 is 0 Å². The third-order valence-corrected chi connectivity index (χ3v) is 7.07. The number of hydrogen-bond donors (Lipinski definition) is 4. The van der Waals surface area contributed by atoms with Gasteiger partial charge in [0, 0.05) is 22.7 Å². The minimum atomic E-state index is -3.59. The Kier molecular flexibility index (Phi) is 9.55. The predicted molar refractivity (Wildman–Crippen MR) is 147 cm³/mol. The lowest BCUT2D eigenvalue weighted by Crippen LogP contribution is -2.33. The number of aliphatic hydroxyl groups is 1. The third-order valence-electron chi connectivity index (χ3n) is 5.66. The summed E-state index contributed by atoms with van der Waals surface area (Å²) in [6.45, 7) is 5.68. The van der Waals surface area contributed by atoms with Gasteiger partial charge in [-0.25, -0.2) is 13.4 Å². The summed E-state index contributed by atoms with van der Waals surface area (Å²) in [6, 6.07) is 11.9. The topological polar surface area (TPSA) is 137 Å². The molecule has 0 spiro atoms. The summed E-state index contributed by atoms with van der Waals surface area (Å²) in [4.78, 5) is 28.4. The molecule has 0 aliphatic carbocycles. The van der Waals surface area contributed by atoms with Gasteiger partial charge in [0.05, 0.1) is 35.2 Å². The highest BCUT2D eigenvalue weighted by Gasteiger charge is 2.19. The Labute approximate surface area is 221 Å². The van der Waals surface area contributed by atoms with Crippen molar-refractivity contribution < 1.29 is 23.1 Å². The van der Waals surface area contributed by atoms with Crippen LogP contribution in [0.25, 0.3) is 0 Å². The van der Waals surface area contributed by atoms with Crippen molar-refractivity contribution in [1.82, 2.24) is 10.3 Å². The van der Waals surface area contributed by atoms with Crippen LogP contribution in [0.15, 0.2) is 47.8 Å². The lowest BCUT2D eigenvalue weighted by atomic mass is 9.99. The number of hydrogen-bond acceptors (Lipinski definition) is 8. The number of aromatic nitrogens is 1. The number of sulfonamides is 1. The van der Waals surface area contributed by atoms with Gasteiger partial charge in [0.2, 0.25) is 15.9 Å². The Hall–Kier alpha value is -3.12. The number of aryl methyl sites for hydroxylation is 1.